The number of nitrogens with zero attached hydrogens (tertiary/aromatic N) is 1. The minimum Gasteiger partial charge on any atom is -0.496 e. The summed E-state index contributed by atoms with van der Waals surface area (Å²) < 4.78 is 22.3. The molecule has 0 spiro atoms. The Bertz CT molecular complexity index is 1090. The molecule has 200 valence electrons. The summed E-state index contributed by atoms with van der Waals surface area (Å²) >= 11 is 0. The first-order valence-electron chi connectivity index (χ1n) is 12.3. The SMILES string of the molecule is COc1ccccc1CNC(=O)[C@@]1(CCC(=O)OC(C)(C)C)COC(c2ccc(OCCCO)cc2)=N1. The number of amides is 1. The maximum absolute atomic E-state index is 13.5. The number of benzene rings is 2. The van der Waals surface area contributed by atoms with Crippen LogP contribution in [0.1, 0.15) is 51.2 Å². The lowest BCUT2D eigenvalue weighted by molar-refractivity contribution is -0.155. The second-order valence-electron chi connectivity index (χ2n) is 9.77. The molecule has 3 rings (SSSR count). The van der Waals surface area contributed by atoms with E-state index in [1.54, 1.807) is 52.1 Å². The Kier molecular flexibility index (Phi) is 9.52. The molecule has 0 radical (unpaired) electrons. The fourth-order valence-corrected chi connectivity index (χ4v) is 3.79. The highest BCUT2D eigenvalue weighted by atomic mass is 16.6. The standard InChI is InChI=1S/C28H36N2O7/c1-27(2,3)37-24(32)14-15-28(26(33)29-18-21-8-5-6-9-23(21)34-4)19-36-25(30-28)20-10-12-22(13-11-20)35-17-7-16-31/h5-6,8-13,31H,7,14-19H2,1-4H3,(H,29,33)/t28-/m1/s1. The van der Waals surface area contributed by atoms with Crippen LogP contribution in [0.25, 0.3) is 0 Å². The summed E-state index contributed by atoms with van der Waals surface area (Å²) in [5.41, 5.74) is -0.408. The molecular weight excluding hydrogens is 476 g/mol. The largest absolute Gasteiger partial charge is 0.496 e. The highest BCUT2D eigenvalue weighted by Gasteiger charge is 2.44. The van der Waals surface area contributed by atoms with Gasteiger partial charge in [-0.25, -0.2) is 4.99 Å². The van der Waals surface area contributed by atoms with Crippen LogP contribution in [0.3, 0.4) is 0 Å². The Morgan fingerprint density at radius 3 is 2.54 bits per heavy atom. The number of hydrogen-bond donors (Lipinski definition) is 2. The zero-order valence-electron chi connectivity index (χ0n) is 21.9. The fourth-order valence-electron chi connectivity index (χ4n) is 3.79. The Hall–Kier alpha value is -3.59. The van der Waals surface area contributed by atoms with Crippen molar-refractivity contribution in [2.75, 3.05) is 26.9 Å². The van der Waals surface area contributed by atoms with Gasteiger partial charge in [-0.3, -0.25) is 9.59 Å². The average molecular weight is 513 g/mol. The van der Waals surface area contributed by atoms with E-state index in [-0.39, 0.29) is 38.5 Å². The molecule has 0 saturated carbocycles. The van der Waals surface area contributed by atoms with Crippen LogP contribution in [0.5, 0.6) is 11.5 Å². The molecule has 0 bridgehead atoms. The van der Waals surface area contributed by atoms with E-state index >= 15 is 0 Å². The highest BCUT2D eigenvalue weighted by Crippen LogP contribution is 2.29. The summed E-state index contributed by atoms with van der Waals surface area (Å²) in [6, 6.07) is 14.6. The van der Waals surface area contributed by atoms with E-state index in [1.165, 1.54) is 0 Å². The molecule has 1 aliphatic heterocycles. The Morgan fingerprint density at radius 2 is 1.86 bits per heavy atom. The molecule has 9 heteroatoms. The third-order valence-corrected chi connectivity index (χ3v) is 5.65. The van der Waals surface area contributed by atoms with E-state index < -0.39 is 17.1 Å². The number of carbonyl (C=O) groups is 2. The van der Waals surface area contributed by atoms with E-state index in [0.29, 0.717) is 36.0 Å². The zero-order valence-corrected chi connectivity index (χ0v) is 21.9. The molecule has 2 aromatic carbocycles. The van der Waals surface area contributed by atoms with Crippen molar-refractivity contribution in [1.29, 1.82) is 0 Å². The number of para-hydroxylation sites is 1. The predicted molar refractivity (Wildman–Crippen MR) is 139 cm³/mol. The molecule has 0 unspecified atom stereocenters. The maximum Gasteiger partial charge on any atom is 0.306 e. The summed E-state index contributed by atoms with van der Waals surface area (Å²) in [5.74, 6) is 0.886. The predicted octanol–water partition coefficient (Wildman–Crippen LogP) is 3.41. The number of esters is 1. The topological polar surface area (TPSA) is 116 Å². The molecule has 2 N–H and O–H groups in total. The van der Waals surface area contributed by atoms with Crippen molar-refractivity contribution < 1.29 is 33.6 Å². The van der Waals surface area contributed by atoms with Gasteiger partial charge in [0.15, 0.2) is 5.54 Å². The average Bonchev–Trinajstić information content (AvgIpc) is 3.31. The van der Waals surface area contributed by atoms with Gasteiger partial charge >= 0.3 is 5.97 Å². The molecular formula is C28H36N2O7. The molecule has 1 atom stereocenters. The number of nitrogens with one attached hydrogen (secondary N) is 1. The van der Waals surface area contributed by atoms with Gasteiger partial charge in [-0.2, -0.15) is 0 Å². The van der Waals surface area contributed by atoms with Crippen LogP contribution in [0, 0.1) is 0 Å². The number of aliphatic hydroxyl groups is 1. The molecule has 1 heterocycles. The first kappa shape index (κ1) is 28.0. The molecule has 9 nitrogen and oxygen atoms in total. The number of aliphatic hydroxyl groups excluding tert-OH is 1. The van der Waals surface area contributed by atoms with Crippen LogP contribution in [-0.4, -0.2) is 61.0 Å². The van der Waals surface area contributed by atoms with E-state index in [0.717, 1.165) is 5.56 Å². The smallest absolute Gasteiger partial charge is 0.306 e. The second kappa shape index (κ2) is 12.6. The number of ether oxygens (including phenoxy) is 4. The molecule has 0 aromatic heterocycles. The first-order valence-corrected chi connectivity index (χ1v) is 12.3. The van der Waals surface area contributed by atoms with Gasteiger partial charge in [-0.15, -0.1) is 0 Å². The third kappa shape index (κ3) is 7.95. The molecule has 1 aliphatic rings. The third-order valence-electron chi connectivity index (χ3n) is 5.65. The summed E-state index contributed by atoms with van der Waals surface area (Å²) in [5, 5.41) is 11.8. The Labute approximate surface area is 217 Å². The second-order valence-corrected chi connectivity index (χ2v) is 9.77. The van der Waals surface area contributed by atoms with E-state index in [9.17, 15) is 9.59 Å². The lowest BCUT2D eigenvalue weighted by Crippen LogP contribution is -2.47. The van der Waals surface area contributed by atoms with Gasteiger partial charge < -0.3 is 29.4 Å². The van der Waals surface area contributed by atoms with Gasteiger partial charge in [-0.05, 0) is 57.5 Å². The van der Waals surface area contributed by atoms with Crippen LogP contribution >= 0.6 is 0 Å². The number of carbonyl (C=O) groups excluding carboxylic acids is 2. The fraction of sp³-hybridized carbons (Fsp3) is 0.464. The molecule has 0 aliphatic carbocycles. The number of methoxy groups -OCH3 is 1. The number of rotatable bonds is 12. The van der Waals surface area contributed by atoms with Gasteiger partial charge in [0.1, 0.15) is 23.7 Å². The van der Waals surface area contributed by atoms with E-state index in [2.05, 4.69) is 10.3 Å². The molecule has 2 aromatic rings. The van der Waals surface area contributed by atoms with Crippen LogP contribution in [-0.2, 0) is 25.6 Å². The minimum absolute atomic E-state index is 0.00234. The Balaban J connectivity index is 1.78. The van der Waals surface area contributed by atoms with Crippen molar-refractivity contribution in [2.45, 2.75) is 57.7 Å². The summed E-state index contributed by atoms with van der Waals surface area (Å²) in [6.07, 6.45) is 0.685. The van der Waals surface area contributed by atoms with Crippen LogP contribution in [0.4, 0.5) is 0 Å². The first-order chi connectivity index (χ1) is 17.7. The monoisotopic (exact) mass is 512 g/mol. The van der Waals surface area contributed by atoms with Crippen LogP contribution < -0.4 is 14.8 Å². The van der Waals surface area contributed by atoms with Gasteiger partial charge in [0, 0.05) is 37.1 Å². The van der Waals surface area contributed by atoms with Gasteiger partial charge in [0.25, 0.3) is 5.91 Å². The van der Waals surface area contributed by atoms with E-state index in [4.69, 9.17) is 24.1 Å². The number of aliphatic imine (C=N–C) groups is 1. The van der Waals surface area contributed by atoms with Crippen molar-refractivity contribution in [1.82, 2.24) is 5.32 Å². The van der Waals surface area contributed by atoms with E-state index in [1.807, 2.05) is 24.3 Å². The number of hydrogen-bond acceptors (Lipinski definition) is 8. The van der Waals surface area contributed by atoms with Crippen LogP contribution in [0.2, 0.25) is 0 Å². The normalized spacial score (nSPS) is 16.9. The van der Waals surface area contributed by atoms with Crippen molar-refractivity contribution in [3.05, 3.63) is 59.7 Å². The van der Waals surface area contributed by atoms with Crippen molar-refractivity contribution >= 4 is 17.8 Å². The highest BCUT2D eigenvalue weighted by molar-refractivity contribution is 6.00. The van der Waals surface area contributed by atoms with Crippen molar-refractivity contribution in [2.24, 2.45) is 4.99 Å². The summed E-state index contributed by atoms with van der Waals surface area (Å²) in [4.78, 5) is 30.6. The zero-order chi connectivity index (χ0) is 26.9. The van der Waals surface area contributed by atoms with Crippen molar-refractivity contribution in [3.63, 3.8) is 0 Å². The molecule has 37 heavy (non-hydrogen) atoms. The van der Waals surface area contributed by atoms with Crippen LogP contribution in [0.15, 0.2) is 53.5 Å². The Morgan fingerprint density at radius 1 is 1.14 bits per heavy atom. The maximum atomic E-state index is 13.5. The van der Waals surface area contributed by atoms with Gasteiger partial charge in [0.05, 0.1) is 13.7 Å². The lowest BCUT2D eigenvalue weighted by Gasteiger charge is -2.24. The van der Waals surface area contributed by atoms with Crippen molar-refractivity contribution in [3.8, 4) is 11.5 Å². The molecule has 0 fully saturated rings. The lowest BCUT2D eigenvalue weighted by atomic mass is 9.94. The summed E-state index contributed by atoms with van der Waals surface area (Å²) in [6.45, 7) is 6.10. The summed E-state index contributed by atoms with van der Waals surface area (Å²) in [7, 11) is 1.58. The van der Waals surface area contributed by atoms with Gasteiger partial charge in [-0.1, -0.05) is 18.2 Å². The molecule has 0 saturated heterocycles. The molecule has 1 amide bonds. The quantitative estimate of drug-likeness (QED) is 0.331. The van der Waals surface area contributed by atoms with Gasteiger partial charge in [0.2, 0.25) is 5.90 Å². The minimum atomic E-state index is -1.29.